The number of carbonyl (C=O) groups excluding carboxylic acids is 1. The molecule has 1 amide bonds. The standard InChI is InChI=1S/C17H17N5O3/c1-12-2-4-13(5-3-12)10-21-9-7-15(20-21)18-16(23)11-22-8-6-14(19-22)17(24)25/h2-9H,10-11H2,1H3,(H,24,25)(H,18,20,23). The number of aromatic carboxylic acids is 1. The third-order valence-electron chi connectivity index (χ3n) is 3.54. The molecule has 0 aliphatic heterocycles. The van der Waals surface area contributed by atoms with Gasteiger partial charge in [0, 0.05) is 18.5 Å². The lowest BCUT2D eigenvalue weighted by Gasteiger charge is -2.04. The molecule has 1 aromatic carbocycles. The smallest absolute Gasteiger partial charge is 0.356 e. The zero-order chi connectivity index (χ0) is 17.8. The first-order valence-electron chi connectivity index (χ1n) is 7.65. The number of nitrogens with one attached hydrogen (secondary N) is 1. The molecule has 25 heavy (non-hydrogen) atoms. The summed E-state index contributed by atoms with van der Waals surface area (Å²) >= 11 is 0. The van der Waals surface area contributed by atoms with E-state index >= 15 is 0 Å². The third-order valence-corrected chi connectivity index (χ3v) is 3.54. The Labute approximate surface area is 143 Å². The first-order valence-corrected chi connectivity index (χ1v) is 7.65. The summed E-state index contributed by atoms with van der Waals surface area (Å²) in [6.45, 7) is 2.56. The van der Waals surface area contributed by atoms with Gasteiger partial charge in [-0.15, -0.1) is 0 Å². The lowest BCUT2D eigenvalue weighted by molar-refractivity contribution is -0.116. The Morgan fingerprint density at radius 3 is 2.44 bits per heavy atom. The van der Waals surface area contributed by atoms with Gasteiger partial charge in [0.2, 0.25) is 5.91 Å². The highest BCUT2D eigenvalue weighted by Gasteiger charge is 2.10. The van der Waals surface area contributed by atoms with Crippen molar-refractivity contribution in [2.75, 3.05) is 5.32 Å². The van der Waals surface area contributed by atoms with Crippen molar-refractivity contribution in [3.05, 3.63) is 65.6 Å². The topological polar surface area (TPSA) is 102 Å². The quantitative estimate of drug-likeness (QED) is 0.712. The predicted molar refractivity (Wildman–Crippen MR) is 90.3 cm³/mol. The molecule has 3 aromatic rings. The molecule has 8 heteroatoms. The lowest BCUT2D eigenvalue weighted by atomic mass is 10.1. The van der Waals surface area contributed by atoms with E-state index in [1.54, 1.807) is 16.9 Å². The van der Waals surface area contributed by atoms with Gasteiger partial charge >= 0.3 is 5.97 Å². The van der Waals surface area contributed by atoms with Gasteiger partial charge in [-0.05, 0) is 18.6 Å². The van der Waals surface area contributed by atoms with Crippen LogP contribution in [0.25, 0.3) is 0 Å². The third kappa shape index (κ3) is 4.31. The van der Waals surface area contributed by atoms with Gasteiger partial charge in [0.25, 0.3) is 0 Å². The maximum atomic E-state index is 12.0. The molecule has 0 radical (unpaired) electrons. The van der Waals surface area contributed by atoms with Gasteiger partial charge in [-0.1, -0.05) is 29.8 Å². The number of anilines is 1. The van der Waals surface area contributed by atoms with E-state index in [1.807, 2.05) is 31.2 Å². The minimum absolute atomic E-state index is 0.0852. The second-order valence-electron chi connectivity index (χ2n) is 5.64. The maximum absolute atomic E-state index is 12.0. The van der Waals surface area contributed by atoms with Gasteiger partial charge in [-0.2, -0.15) is 10.2 Å². The lowest BCUT2D eigenvalue weighted by Crippen LogP contribution is -2.20. The van der Waals surface area contributed by atoms with Crippen LogP contribution in [0, 0.1) is 6.92 Å². The number of hydrogen-bond acceptors (Lipinski definition) is 4. The zero-order valence-electron chi connectivity index (χ0n) is 13.6. The zero-order valence-corrected chi connectivity index (χ0v) is 13.6. The van der Waals surface area contributed by atoms with Gasteiger partial charge in [0.15, 0.2) is 11.5 Å². The van der Waals surface area contributed by atoms with Gasteiger partial charge < -0.3 is 10.4 Å². The average Bonchev–Trinajstić information content (AvgIpc) is 3.19. The minimum atomic E-state index is -1.13. The molecule has 8 nitrogen and oxygen atoms in total. The maximum Gasteiger partial charge on any atom is 0.356 e. The van der Waals surface area contributed by atoms with Gasteiger partial charge in [-0.25, -0.2) is 4.79 Å². The van der Waals surface area contributed by atoms with Crippen LogP contribution in [0.4, 0.5) is 5.82 Å². The van der Waals surface area contributed by atoms with E-state index in [0.29, 0.717) is 12.4 Å². The largest absolute Gasteiger partial charge is 0.476 e. The molecule has 0 unspecified atom stereocenters. The number of nitrogens with zero attached hydrogens (tertiary/aromatic N) is 4. The molecule has 3 rings (SSSR count). The van der Waals surface area contributed by atoms with Crippen molar-refractivity contribution in [2.24, 2.45) is 0 Å². The van der Waals surface area contributed by atoms with Crippen molar-refractivity contribution in [3.63, 3.8) is 0 Å². The number of aromatic nitrogens is 4. The summed E-state index contributed by atoms with van der Waals surface area (Å²) < 4.78 is 3.00. The number of carboxylic acids is 1. The van der Waals surface area contributed by atoms with Crippen LogP contribution in [0.1, 0.15) is 21.6 Å². The van der Waals surface area contributed by atoms with Gasteiger partial charge in [0.05, 0.1) is 6.54 Å². The number of aryl methyl sites for hydroxylation is 1. The number of rotatable bonds is 6. The summed E-state index contributed by atoms with van der Waals surface area (Å²) in [7, 11) is 0. The Balaban J connectivity index is 1.57. The van der Waals surface area contributed by atoms with Crippen molar-refractivity contribution in [1.82, 2.24) is 19.6 Å². The van der Waals surface area contributed by atoms with Crippen LogP contribution in [0.15, 0.2) is 48.8 Å². The van der Waals surface area contributed by atoms with Crippen LogP contribution in [-0.4, -0.2) is 36.5 Å². The highest BCUT2D eigenvalue weighted by Crippen LogP contribution is 2.08. The van der Waals surface area contributed by atoms with Crippen molar-refractivity contribution in [3.8, 4) is 0 Å². The van der Waals surface area contributed by atoms with E-state index < -0.39 is 5.97 Å². The van der Waals surface area contributed by atoms with Gasteiger partial charge in [0.1, 0.15) is 6.54 Å². The highest BCUT2D eigenvalue weighted by atomic mass is 16.4. The SMILES string of the molecule is Cc1ccc(Cn2ccc(NC(=O)Cn3ccc(C(=O)O)n3)n2)cc1. The Hall–Kier alpha value is -3.42. The Morgan fingerprint density at radius 2 is 1.76 bits per heavy atom. The Morgan fingerprint density at radius 1 is 1.04 bits per heavy atom. The molecule has 0 fully saturated rings. The molecule has 0 aliphatic rings. The van der Waals surface area contributed by atoms with Crippen molar-refractivity contribution in [2.45, 2.75) is 20.0 Å². The number of hydrogen-bond donors (Lipinski definition) is 2. The fraction of sp³-hybridized carbons (Fsp3) is 0.176. The second kappa shape index (κ2) is 7.00. The molecule has 0 atom stereocenters. The summed E-state index contributed by atoms with van der Waals surface area (Å²) in [5.74, 6) is -1.03. The van der Waals surface area contributed by atoms with Crippen LogP contribution in [0.2, 0.25) is 0 Å². The fourth-order valence-corrected chi connectivity index (χ4v) is 2.29. The number of carbonyl (C=O) groups is 2. The van der Waals surface area contributed by atoms with Crippen LogP contribution < -0.4 is 5.32 Å². The van der Waals surface area contributed by atoms with Crippen molar-refractivity contribution >= 4 is 17.7 Å². The van der Waals surface area contributed by atoms with Gasteiger partial charge in [-0.3, -0.25) is 14.2 Å². The van der Waals surface area contributed by atoms with E-state index in [2.05, 4.69) is 15.5 Å². The monoisotopic (exact) mass is 339 g/mol. The van der Waals surface area contributed by atoms with E-state index in [1.165, 1.54) is 22.5 Å². The predicted octanol–water partition coefficient (Wildman–Crippen LogP) is 1.77. The second-order valence-corrected chi connectivity index (χ2v) is 5.64. The molecular weight excluding hydrogens is 322 g/mol. The van der Waals surface area contributed by atoms with Crippen LogP contribution >= 0.6 is 0 Å². The van der Waals surface area contributed by atoms with Crippen LogP contribution in [0.3, 0.4) is 0 Å². The van der Waals surface area contributed by atoms with Crippen molar-refractivity contribution in [1.29, 1.82) is 0 Å². The summed E-state index contributed by atoms with van der Waals surface area (Å²) in [4.78, 5) is 22.8. The Bertz CT molecular complexity index is 895. The fourth-order valence-electron chi connectivity index (χ4n) is 2.29. The number of amides is 1. The van der Waals surface area contributed by atoms with E-state index in [4.69, 9.17) is 5.11 Å². The summed E-state index contributed by atoms with van der Waals surface area (Å²) in [5, 5.41) is 19.6. The average molecular weight is 339 g/mol. The molecule has 0 saturated carbocycles. The van der Waals surface area contributed by atoms with E-state index in [9.17, 15) is 9.59 Å². The molecule has 0 saturated heterocycles. The van der Waals surface area contributed by atoms with Crippen LogP contribution in [-0.2, 0) is 17.9 Å². The molecular formula is C17H17N5O3. The first kappa shape index (κ1) is 16.4. The van der Waals surface area contributed by atoms with Crippen LogP contribution in [0.5, 0.6) is 0 Å². The molecule has 2 N–H and O–H groups in total. The summed E-state index contributed by atoms with van der Waals surface area (Å²) in [6, 6.07) is 11.2. The molecule has 2 heterocycles. The highest BCUT2D eigenvalue weighted by molar-refractivity contribution is 5.89. The minimum Gasteiger partial charge on any atom is -0.476 e. The van der Waals surface area contributed by atoms with E-state index in [-0.39, 0.29) is 18.1 Å². The number of benzene rings is 1. The number of carboxylic acid groups (broad SMARTS) is 1. The summed E-state index contributed by atoms with van der Waals surface area (Å²) in [6.07, 6.45) is 3.23. The molecule has 128 valence electrons. The summed E-state index contributed by atoms with van der Waals surface area (Å²) in [5.41, 5.74) is 2.21. The normalized spacial score (nSPS) is 10.6. The molecule has 0 aliphatic carbocycles. The Kier molecular flexibility index (Phi) is 4.60. The van der Waals surface area contributed by atoms with Crippen molar-refractivity contribution < 1.29 is 14.7 Å². The molecule has 0 spiro atoms. The van der Waals surface area contributed by atoms with E-state index in [0.717, 1.165) is 5.56 Å². The molecule has 2 aromatic heterocycles. The molecule has 0 bridgehead atoms. The first-order chi connectivity index (χ1) is 12.0.